The molecule has 0 radical (unpaired) electrons. The second-order valence-corrected chi connectivity index (χ2v) is 4.66. The zero-order chi connectivity index (χ0) is 13.5. The van der Waals surface area contributed by atoms with Crippen molar-refractivity contribution in [1.29, 1.82) is 0 Å². The Morgan fingerprint density at radius 1 is 1.39 bits per heavy atom. The Bertz CT molecular complexity index is 392. The SMILES string of the molecule is CCCNc1cncc(NC(C(N)=O)C(C)C)c1. The Morgan fingerprint density at radius 3 is 2.61 bits per heavy atom. The molecule has 1 heterocycles. The summed E-state index contributed by atoms with van der Waals surface area (Å²) >= 11 is 0. The number of aromatic nitrogens is 1. The minimum absolute atomic E-state index is 0.134. The first-order chi connectivity index (χ1) is 8.54. The van der Waals surface area contributed by atoms with E-state index < -0.39 is 0 Å². The lowest BCUT2D eigenvalue weighted by atomic mass is 10.0. The molecule has 1 aromatic rings. The van der Waals surface area contributed by atoms with Crippen LogP contribution in [0.15, 0.2) is 18.5 Å². The first-order valence-electron chi connectivity index (χ1n) is 6.29. The van der Waals surface area contributed by atoms with Crippen molar-refractivity contribution < 1.29 is 4.79 Å². The highest BCUT2D eigenvalue weighted by molar-refractivity contribution is 5.83. The first kappa shape index (κ1) is 14.3. The normalized spacial score (nSPS) is 12.2. The van der Waals surface area contributed by atoms with E-state index in [4.69, 9.17) is 5.73 Å². The largest absolute Gasteiger partial charge is 0.384 e. The van der Waals surface area contributed by atoms with Gasteiger partial charge in [0.15, 0.2) is 0 Å². The number of hydrogen-bond donors (Lipinski definition) is 3. The third kappa shape index (κ3) is 4.24. The van der Waals surface area contributed by atoms with Crippen molar-refractivity contribution in [2.45, 2.75) is 33.2 Å². The zero-order valence-electron chi connectivity index (χ0n) is 11.2. The molecule has 5 nitrogen and oxygen atoms in total. The molecule has 18 heavy (non-hydrogen) atoms. The number of carbonyl (C=O) groups is 1. The maximum absolute atomic E-state index is 11.3. The van der Waals surface area contributed by atoms with Gasteiger partial charge < -0.3 is 16.4 Å². The molecular weight excluding hydrogens is 228 g/mol. The van der Waals surface area contributed by atoms with Crippen LogP contribution in [0.2, 0.25) is 0 Å². The van der Waals surface area contributed by atoms with E-state index in [2.05, 4.69) is 22.5 Å². The minimum Gasteiger partial charge on any atom is -0.384 e. The molecule has 0 aromatic carbocycles. The molecule has 1 amide bonds. The average molecular weight is 250 g/mol. The molecule has 0 saturated carbocycles. The van der Waals surface area contributed by atoms with Gasteiger partial charge in [-0.1, -0.05) is 20.8 Å². The highest BCUT2D eigenvalue weighted by Crippen LogP contribution is 2.16. The van der Waals surface area contributed by atoms with E-state index in [0.717, 1.165) is 24.3 Å². The number of hydrogen-bond acceptors (Lipinski definition) is 4. The summed E-state index contributed by atoms with van der Waals surface area (Å²) in [6, 6.07) is 1.55. The van der Waals surface area contributed by atoms with Crippen molar-refractivity contribution in [3.63, 3.8) is 0 Å². The molecule has 4 N–H and O–H groups in total. The molecule has 100 valence electrons. The summed E-state index contributed by atoms with van der Waals surface area (Å²) in [7, 11) is 0. The molecule has 0 aliphatic heterocycles. The number of amides is 1. The van der Waals surface area contributed by atoms with Gasteiger partial charge in [-0.25, -0.2) is 0 Å². The summed E-state index contributed by atoms with van der Waals surface area (Å²) in [5, 5.41) is 6.37. The van der Waals surface area contributed by atoms with Crippen LogP contribution in [-0.2, 0) is 4.79 Å². The van der Waals surface area contributed by atoms with Gasteiger partial charge in [0.2, 0.25) is 5.91 Å². The number of nitrogens with one attached hydrogen (secondary N) is 2. The van der Waals surface area contributed by atoms with Crippen LogP contribution < -0.4 is 16.4 Å². The number of rotatable bonds is 7. The monoisotopic (exact) mass is 250 g/mol. The highest BCUT2D eigenvalue weighted by atomic mass is 16.1. The Kier molecular flexibility index (Phi) is 5.42. The molecule has 0 bridgehead atoms. The fourth-order valence-electron chi connectivity index (χ4n) is 1.63. The number of anilines is 2. The molecule has 0 fully saturated rings. The van der Waals surface area contributed by atoms with Crippen molar-refractivity contribution in [2.75, 3.05) is 17.2 Å². The van der Waals surface area contributed by atoms with Crippen molar-refractivity contribution in [3.8, 4) is 0 Å². The number of nitrogens with two attached hydrogens (primary N) is 1. The van der Waals surface area contributed by atoms with Crippen LogP contribution >= 0.6 is 0 Å². The minimum atomic E-state index is -0.381. The lowest BCUT2D eigenvalue weighted by Crippen LogP contribution is -2.39. The zero-order valence-corrected chi connectivity index (χ0v) is 11.2. The van der Waals surface area contributed by atoms with Crippen LogP contribution in [0.3, 0.4) is 0 Å². The molecular formula is C13H22N4O. The second kappa shape index (κ2) is 6.83. The lowest BCUT2D eigenvalue weighted by Gasteiger charge is -2.20. The molecule has 5 heteroatoms. The summed E-state index contributed by atoms with van der Waals surface area (Å²) in [5.74, 6) is -0.216. The average Bonchev–Trinajstić information content (AvgIpc) is 2.33. The molecule has 1 unspecified atom stereocenters. The van der Waals surface area contributed by atoms with Gasteiger partial charge in [0, 0.05) is 6.54 Å². The number of nitrogens with zero attached hydrogens (tertiary/aromatic N) is 1. The van der Waals surface area contributed by atoms with E-state index in [-0.39, 0.29) is 17.9 Å². The third-order valence-corrected chi connectivity index (χ3v) is 2.61. The van der Waals surface area contributed by atoms with E-state index in [0.29, 0.717) is 0 Å². The van der Waals surface area contributed by atoms with Gasteiger partial charge in [0.25, 0.3) is 0 Å². The molecule has 0 aliphatic rings. The lowest BCUT2D eigenvalue weighted by molar-refractivity contribution is -0.119. The molecule has 1 rings (SSSR count). The quantitative estimate of drug-likeness (QED) is 0.689. The second-order valence-electron chi connectivity index (χ2n) is 4.66. The Labute approximate surface area is 108 Å². The van der Waals surface area contributed by atoms with E-state index in [1.807, 2.05) is 19.9 Å². The van der Waals surface area contributed by atoms with Crippen molar-refractivity contribution in [2.24, 2.45) is 11.7 Å². The predicted octanol–water partition coefficient (Wildman–Crippen LogP) is 1.83. The third-order valence-electron chi connectivity index (χ3n) is 2.61. The van der Waals surface area contributed by atoms with Crippen LogP contribution in [0.5, 0.6) is 0 Å². The Morgan fingerprint density at radius 2 is 2.06 bits per heavy atom. The standard InChI is InChI=1S/C13H22N4O/c1-4-5-16-10-6-11(8-15-7-10)17-12(9(2)3)13(14)18/h6-9,12,16-17H,4-5H2,1-3H3,(H2,14,18). The van der Waals surface area contributed by atoms with Gasteiger partial charge in [-0.3, -0.25) is 9.78 Å². The molecule has 0 spiro atoms. The van der Waals surface area contributed by atoms with Crippen LogP contribution in [0.25, 0.3) is 0 Å². The molecule has 0 saturated heterocycles. The number of primary amides is 1. The summed E-state index contributed by atoms with van der Waals surface area (Å²) < 4.78 is 0. The van der Waals surface area contributed by atoms with E-state index in [1.165, 1.54) is 0 Å². The fourth-order valence-corrected chi connectivity index (χ4v) is 1.63. The van der Waals surface area contributed by atoms with Crippen LogP contribution in [0, 0.1) is 5.92 Å². The summed E-state index contributed by atoms with van der Waals surface area (Å²) in [5.41, 5.74) is 7.10. The molecule has 1 atom stereocenters. The van der Waals surface area contributed by atoms with Gasteiger partial charge in [-0.05, 0) is 18.4 Å². The van der Waals surface area contributed by atoms with Crippen molar-refractivity contribution >= 4 is 17.3 Å². The van der Waals surface area contributed by atoms with Gasteiger partial charge in [0.05, 0.1) is 23.8 Å². The van der Waals surface area contributed by atoms with Gasteiger partial charge in [-0.15, -0.1) is 0 Å². The molecule has 0 aliphatic carbocycles. The highest BCUT2D eigenvalue weighted by Gasteiger charge is 2.19. The smallest absolute Gasteiger partial charge is 0.240 e. The van der Waals surface area contributed by atoms with Crippen LogP contribution in [0.1, 0.15) is 27.2 Å². The summed E-state index contributed by atoms with van der Waals surface area (Å²) in [4.78, 5) is 15.5. The predicted molar refractivity (Wildman–Crippen MR) is 74.5 cm³/mol. The van der Waals surface area contributed by atoms with Crippen LogP contribution in [0.4, 0.5) is 11.4 Å². The van der Waals surface area contributed by atoms with Crippen molar-refractivity contribution in [1.82, 2.24) is 4.98 Å². The Hall–Kier alpha value is -1.78. The van der Waals surface area contributed by atoms with Gasteiger partial charge >= 0.3 is 0 Å². The van der Waals surface area contributed by atoms with Crippen molar-refractivity contribution in [3.05, 3.63) is 18.5 Å². The Balaban J connectivity index is 2.74. The number of carbonyl (C=O) groups excluding carboxylic acids is 1. The maximum atomic E-state index is 11.3. The van der Waals surface area contributed by atoms with E-state index >= 15 is 0 Å². The topological polar surface area (TPSA) is 80.0 Å². The summed E-state index contributed by atoms with van der Waals surface area (Å²) in [6.45, 7) is 6.91. The molecule has 1 aromatic heterocycles. The number of pyridine rings is 1. The van der Waals surface area contributed by atoms with Gasteiger partial charge in [0.1, 0.15) is 6.04 Å². The van der Waals surface area contributed by atoms with E-state index in [1.54, 1.807) is 12.4 Å². The maximum Gasteiger partial charge on any atom is 0.240 e. The van der Waals surface area contributed by atoms with Crippen LogP contribution in [-0.4, -0.2) is 23.5 Å². The van der Waals surface area contributed by atoms with E-state index in [9.17, 15) is 4.79 Å². The van der Waals surface area contributed by atoms with Gasteiger partial charge in [-0.2, -0.15) is 0 Å². The first-order valence-corrected chi connectivity index (χ1v) is 6.29. The fraction of sp³-hybridized carbons (Fsp3) is 0.538. The summed E-state index contributed by atoms with van der Waals surface area (Å²) in [6.07, 6.45) is 4.50.